The Bertz CT molecular complexity index is 302. The molecule has 0 aromatic rings. The Kier molecular flexibility index (Phi) is 22.3. The molecule has 0 aromatic heterocycles. The Morgan fingerprint density at radius 2 is 1.75 bits per heavy atom. The minimum Gasteiger partial charge on any atom is -1.00 e. The monoisotopic (exact) mass is 367 g/mol. The summed E-state index contributed by atoms with van der Waals surface area (Å²) in [6, 6.07) is 0. The van der Waals surface area contributed by atoms with Crippen molar-refractivity contribution in [3.05, 3.63) is 30.0 Å². The molecule has 1 N–H and O–H groups in total. The van der Waals surface area contributed by atoms with Crippen molar-refractivity contribution in [2.75, 3.05) is 0 Å². The predicted molar refractivity (Wildman–Crippen MR) is 75.0 cm³/mol. The number of carbonyl (C=O) groups excluding carboxylic acids is 1. The number of nitrogens with one attached hydrogen (secondary N) is 1. The van der Waals surface area contributed by atoms with Crippen molar-refractivity contribution in [3.63, 3.8) is 0 Å². The molecule has 2 rings (SSSR count). The Morgan fingerprint density at radius 1 is 1.25 bits per heavy atom. The van der Waals surface area contributed by atoms with E-state index in [-0.39, 0.29) is 42.8 Å². The molecule has 1 fully saturated rings. The minimum absolute atomic E-state index is 0. The van der Waals surface area contributed by atoms with Gasteiger partial charge in [0.1, 0.15) is 0 Å². The van der Waals surface area contributed by atoms with Gasteiger partial charge < -0.3 is 35.3 Å². The predicted octanol–water partition coefficient (Wildman–Crippen LogP) is -1.76. The van der Waals surface area contributed by atoms with Gasteiger partial charge in [-0.1, -0.05) is 19.3 Å². The first-order chi connectivity index (χ1) is 8.54. The van der Waals surface area contributed by atoms with E-state index in [4.69, 9.17) is 5.73 Å². The molecule has 6 heteroatoms. The summed E-state index contributed by atoms with van der Waals surface area (Å²) >= 11 is 2.27. The molecule has 20 heavy (non-hydrogen) atoms. The van der Waals surface area contributed by atoms with Crippen LogP contribution in [0.2, 0.25) is 13.1 Å². The standard InChI is InChI=1S/C7H13NO.C5H5.C2H6Si.2ClH.Ti/c8-7(9)6-4-2-1-3-5-6;1-2-4-5-3-1;1-3-2;;;/h6H,1-5H2,(H2,8,9);1-3H,4H2;1-2H3;2*1H;/q;-1;;;;+2/p-3. The summed E-state index contributed by atoms with van der Waals surface area (Å²) in [7, 11) is 0. The van der Waals surface area contributed by atoms with Crippen molar-refractivity contribution in [3.8, 4) is 0 Å². The van der Waals surface area contributed by atoms with E-state index in [0.717, 1.165) is 32.1 Å². The molecule has 114 valence electrons. The fourth-order valence-electron chi connectivity index (χ4n) is 1.70. The molecule has 0 saturated heterocycles. The van der Waals surface area contributed by atoms with E-state index in [2.05, 4.69) is 44.4 Å². The van der Waals surface area contributed by atoms with Crippen molar-refractivity contribution < 1.29 is 48.8 Å². The van der Waals surface area contributed by atoms with Crippen molar-refractivity contribution in [1.82, 2.24) is 0 Å². The van der Waals surface area contributed by atoms with E-state index in [1.807, 2.05) is 12.2 Å². The zero-order valence-corrected chi connectivity index (χ0v) is 16.3. The molecular formula is C14H23Cl2NOSiTi-2. The van der Waals surface area contributed by atoms with Crippen LogP contribution in [-0.4, -0.2) is 12.1 Å². The first-order valence-electron chi connectivity index (χ1n) is 6.53. The number of halogens is 2. The molecule has 0 unspecified atom stereocenters. The van der Waals surface area contributed by atoms with Gasteiger partial charge in [0.2, 0.25) is 0 Å². The quantitative estimate of drug-likeness (QED) is 0.400. The van der Waals surface area contributed by atoms with Gasteiger partial charge in [-0.25, -0.2) is 12.2 Å². The first kappa shape index (κ1) is 25.4. The van der Waals surface area contributed by atoms with Gasteiger partial charge >= 0.3 is 38.5 Å². The van der Waals surface area contributed by atoms with E-state index in [1.165, 1.54) is 6.42 Å². The molecule has 0 spiro atoms. The number of amides is 1. The third-order valence-corrected chi connectivity index (χ3v) is 2.56. The third-order valence-electron chi connectivity index (χ3n) is 2.56. The van der Waals surface area contributed by atoms with Crippen molar-refractivity contribution in [1.29, 1.82) is 0 Å². The summed E-state index contributed by atoms with van der Waals surface area (Å²) in [5.41, 5.74) is 6.83. The van der Waals surface area contributed by atoms with Crippen LogP contribution in [0.1, 0.15) is 38.5 Å². The van der Waals surface area contributed by atoms with Gasteiger partial charge in [-0.3, -0.25) is 6.08 Å². The van der Waals surface area contributed by atoms with E-state index >= 15 is 0 Å². The van der Waals surface area contributed by atoms with Crippen LogP contribution < -0.4 is 24.8 Å². The zero-order valence-electron chi connectivity index (χ0n) is 12.2. The molecular weight excluding hydrogens is 345 g/mol. The fourth-order valence-corrected chi connectivity index (χ4v) is 1.70. The maximum Gasteiger partial charge on any atom is 0.0519 e. The SMILES string of the molecule is C[Si](C)=[Ti+2].[C-]1=CC=CC1.[Cl-].[Cl-].[NH-]C(=O)C1CCCCC1. The molecule has 0 atom stereocenters. The molecule has 2 nitrogen and oxygen atoms in total. The van der Waals surface area contributed by atoms with E-state index in [1.54, 1.807) is 0 Å². The van der Waals surface area contributed by atoms with Crippen LogP contribution in [0.4, 0.5) is 0 Å². The average molecular weight is 368 g/mol. The van der Waals surface area contributed by atoms with Crippen LogP contribution in [0.3, 0.4) is 0 Å². The van der Waals surface area contributed by atoms with Crippen molar-refractivity contribution in [2.45, 2.75) is 51.6 Å². The van der Waals surface area contributed by atoms with Gasteiger partial charge in [-0.2, -0.15) is 6.08 Å². The molecule has 0 bridgehead atoms. The summed E-state index contributed by atoms with van der Waals surface area (Å²) < 4.78 is 0. The van der Waals surface area contributed by atoms with Crippen LogP contribution in [0.5, 0.6) is 0 Å². The topological polar surface area (TPSA) is 40.9 Å². The second-order valence-electron chi connectivity index (χ2n) is 4.70. The molecule has 1 amide bonds. The second kappa shape index (κ2) is 17.5. The van der Waals surface area contributed by atoms with Gasteiger partial charge in [-0.15, -0.1) is 6.42 Å². The zero-order chi connectivity index (χ0) is 13.8. The van der Waals surface area contributed by atoms with Crippen LogP contribution >= 0.6 is 0 Å². The number of rotatable bonds is 1. The largest absolute Gasteiger partial charge is 1.00 e. The second-order valence-corrected chi connectivity index (χ2v) is 11.4. The van der Waals surface area contributed by atoms with Gasteiger partial charge in [0, 0.05) is 5.92 Å². The fraction of sp³-hybridized carbons (Fsp3) is 0.643. The van der Waals surface area contributed by atoms with Crippen molar-refractivity contribution in [2.24, 2.45) is 5.92 Å². The summed E-state index contributed by atoms with van der Waals surface area (Å²) in [4.78, 5) is 10.5. The summed E-state index contributed by atoms with van der Waals surface area (Å²) in [5, 5.41) is 0. The van der Waals surface area contributed by atoms with Gasteiger partial charge in [-0.05, 0) is 12.8 Å². The van der Waals surface area contributed by atoms with Crippen molar-refractivity contribution >= 4 is 12.1 Å². The summed E-state index contributed by atoms with van der Waals surface area (Å²) in [6.07, 6.45) is 15.6. The molecule has 2 aliphatic carbocycles. The Labute approximate surface area is 148 Å². The molecule has 0 aromatic carbocycles. The smallest absolute Gasteiger partial charge is 0.0519 e. The van der Waals surface area contributed by atoms with E-state index in [9.17, 15) is 4.79 Å². The van der Waals surface area contributed by atoms with Crippen LogP contribution in [0, 0.1) is 12.0 Å². The molecule has 0 heterocycles. The van der Waals surface area contributed by atoms with Gasteiger partial charge in [0.15, 0.2) is 0 Å². The third kappa shape index (κ3) is 18.5. The Balaban J connectivity index is -0.000000228. The maximum absolute atomic E-state index is 10.5. The van der Waals surface area contributed by atoms with Crippen LogP contribution in [-0.2, 0) is 24.0 Å². The Hall–Kier alpha value is 0.461. The number of allylic oxidation sites excluding steroid dienone is 4. The molecule has 1 saturated carbocycles. The van der Waals surface area contributed by atoms with Gasteiger partial charge in [0.25, 0.3) is 0 Å². The number of carbonyl (C=O) groups is 1. The van der Waals surface area contributed by atoms with Crippen LogP contribution in [0.25, 0.3) is 5.73 Å². The maximum atomic E-state index is 10.5. The van der Waals surface area contributed by atoms with E-state index in [0.29, 0.717) is 0 Å². The first-order valence-corrected chi connectivity index (χ1v) is 11.4. The molecule has 0 radical (unpaired) electrons. The number of hydrogen-bond acceptors (Lipinski definition) is 1. The molecule has 0 aliphatic heterocycles. The normalized spacial score (nSPS) is 15.6. The summed E-state index contributed by atoms with van der Waals surface area (Å²) in [5.74, 6) is -0.270. The van der Waals surface area contributed by atoms with E-state index < -0.39 is 0 Å². The minimum atomic E-state index is -0.352. The summed E-state index contributed by atoms with van der Waals surface area (Å²) in [6.45, 7) is 4.54. The Morgan fingerprint density at radius 3 is 1.95 bits per heavy atom. The average Bonchev–Trinajstić information content (AvgIpc) is 2.88. The van der Waals surface area contributed by atoms with Crippen LogP contribution in [0.15, 0.2) is 18.2 Å². The number of hydrogen-bond donors (Lipinski definition) is 0. The molecule has 2 aliphatic rings. The van der Waals surface area contributed by atoms with Gasteiger partial charge in [0.05, 0.1) is 5.91 Å².